The van der Waals surface area contributed by atoms with Crippen molar-refractivity contribution in [2.45, 2.75) is 52.4 Å². The minimum atomic E-state index is -0.0791. The number of nitrogens with zero attached hydrogens (tertiary/aromatic N) is 1. The Labute approximate surface area is 149 Å². The van der Waals surface area contributed by atoms with Crippen LogP contribution in [0.15, 0.2) is 29.1 Å². The summed E-state index contributed by atoms with van der Waals surface area (Å²) in [7, 11) is 0. The lowest BCUT2D eigenvalue weighted by molar-refractivity contribution is -0.132. The number of H-pyrrole nitrogens is 1. The molecule has 4 nitrogen and oxygen atoms in total. The molecule has 134 valence electrons. The molecule has 1 fully saturated rings. The normalized spacial score (nSPS) is 18.1. The van der Waals surface area contributed by atoms with Crippen LogP contribution in [0.1, 0.15) is 57.1 Å². The molecular formula is C21H28N2O2. The highest BCUT2D eigenvalue weighted by atomic mass is 16.2. The number of carbonyl (C=O) groups excluding carboxylic acids is 1. The Hall–Kier alpha value is -2.10. The summed E-state index contributed by atoms with van der Waals surface area (Å²) in [6.45, 7) is 8.22. The van der Waals surface area contributed by atoms with E-state index in [1.165, 1.54) is 12.0 Å². The van der Waals surface area contributed by atoms with Crippen LogP contribution in [0.5, 0.6) is 0 Å². The van der Waals surface area contributed by atoms with Crippen LogP contribution in [-0.4, -0.2) is 28.9 Å². The smallest absolute Gasteiger partial charge is 0.251 e. The monoisotopic (exact) mass is 340 g/mol. The van der Waals surface area contributed by atoms with E-state index >= 15 is 0 Å². The van der Waals surface area contributed by atoms with Gasteiger partial charge in [0.1, 0.15) is 0 Å². The van der Waals surface area contributed by atoms with Gasteiger partial charge in [-0.3, -0.25) is 9.59 Å². The summed E-state index contributed by atoms with van der Waals surface area (Å²) in [4.78, 5) is 29.7. The molecule has 1 unspecified atom stereocenters. The molecule has 0 spiro atoms. The predicted octanol–water partition coefficient (Wildman–Crippen LogP) is 3.84. The van der Waals surface area contributed by atoms with E-state index in [1.54, 1.807) is 0 Å². The second kappa shape index (κ2) is 7.42. The van der Waals surface area contributed by atoms with Crippen LogP contribution in [0.25, 0.3) is 10.9 Å². The van der Waals surface area contributed by atoms with Crippen molar-refractivity contribution in [1.82, 2.24) is 9.88 Å². The molecule has 25 heavy (non-hydrogen) atoms. The second-order valence-corrected chi connectivity index (χ2v) is 7.71. The van der Waals surface area contributed by atoms with Gasteiger partial charge < -0.3 is 9.88 Å². The van der Waals surface area contributed by atoms with Crippen molar-refractivity contribution in [3.05, 3.63) is 45.7 Å². The molecular weight excluding hydrogens is 312 g/mol. The van der Waals surface area contributed by atoms with Crippen molar-refractivity contribution in [3.8, 4) is 0 Å². The molecule has 1 aliphatic heterocycles. The Morgan fingerprint density at radius 1 is 1.32 bits per heavy atom. The number of aryl methyl sites for hydroxylation is 1. The lowest BCUT2D eigenvalue weighted by atomic mass is 9.99. The van der Waals surface area contributed by atoms with Gasteiger partial charge in [-0.05, 0) is 60.2 Å². The highest BCUT2D eigenvalue weighted by Crippen LogP contribution is 2.21. The molecule has 0 saturated carbocycles. The van der Waals surface area contributed by atoms with E-state index < -0.39 is 0 Å². The molecule has 0 radical (unpaired) electrons. The van der Waals surface area contributed by atoms with Crippen LogP contribution < -0.4 is 5.56 Å². The first kappa shape index (κ1) is 17.7. The van der Waals surface area contributed by atoms with Crippen LogP contribution in [0.4, 0.5) is 0 Å². The fraction of sp³-hybridized carbons (Fsp3) is 0.524. The van der Waals surface area contributed by atoms with Crippen LogP contribution in [-0.2, 0) is 11.2 Å². The van der Waals surface area contributed by atoms with Crippen LogP contribution >= 0.6 is 0 Å². The summed E-state index contributed by atoms with van der Waals surface area (Å²) in [5, 5.41) is 1.04. The van der Waals surface area contributed by atoms with Crippen molar-refractivity contribution in [3.63, 3.8) is 0 Å². The van der Waals surface area contributed by atoms with Crippen molar-refractivity contribution in [1.29, 1.82) is 0 Å². The molecule has 1 aliphatic rings. The van der Waals surface area contributed by atoms with Gasteiger partial charge in [-0.1, -0.05) is 26.8 Å². The number of pyridine rings is 1. The van der Waals surface area contributed by atoms with Gasteiger partial charge in [0, 0.05) is 30.6 Å². The molecule has 1 aromatic heterocycles. The number of aromatic amines is 1. The number of nitrogens with one attached hydrogen (secondary N) is 1. The molecule has 3 rings (SSSR count). The van der Waals surface area contributed by atoms with Crippen molar-refractivity contribution >= 4 is 16.8 Å². The lowest BCUT2D eigenvalue weighted by Crippen LogP contribution is -2.39. The van der Waals surface area contributed by atoms with Crippen molar-refractivity contribution < 1.29 is 4.79 Å². The first-order valence-corrected chi connectivity index (χ1v) is 9.37. The number of benzene rings is 1. The Morgan fingerprint density at radius 2 is 2.12 bits per heavy atom. The molecule has 1 atom stereocenters. The molecule has 1 saturated heterocycles. The average Bonchev–Trinajstić information content (AvgIpc) is 2.59. The maximum absolute atomic E-state index is 12.4. The molecule has 0 bridgehead atoms. The summed E-state index contributed by atoms with van der Waals surface area (Å²) < 4.78 is 0. The standard InChI is InChI=1S/C21H28N2O2/c1-14(2)16-6-8-19-18(11-16)12-17(21(25)22-19)7-9-20(24)23-10-4-5-15(3)13-23/h6,8,11-12,14-15H,4-5,7,9-10,13H2,1-3H3,(H,22,25). The average molecular weight is 340 g/mol. The number of carbonyl (C=O) groups is 1. The molecule has 0 aliphatic carbocycles. The topological polar surface area (TPSA) is 53.2 Å². The van der Waals surface area contributed by atoms with Gasteiger partial charge in [0.15, 0.2) is 0 Å². The fourth-order valence-electron chi connectivity index (χ4n) is 3.63. The zero-order chi connectivity index (χ0) is 18.0. The van der Waals surface area contributed by atoms with E-state index in [2.05, 4.69) is 37.9 Å². The Morgan fingerprint density at radius 3 is 2.84 bits per heavy atom. The van der Waals surface area contributed by atoms with Gasteiger partial charge in [0.05, 0.1) is 0 Å². The summed E-state index contributed by atoms with van der Waals surface area (Å²) in [5.74, 6) is 1.20. The molecule has 1 N–H and O–H groups in total. The number of amides is 1. The van der Waals surface area contributed by atoms with Crippen LogP contribution in [0, 0.1) is 5.92 Å². The zero-order valence-electron chi connectivity index (χ0n) is 15.5. The van der Waals surface area contributed by atoms with Gasteiger partial charge in [-0.15, -0.1) is 0 Å². The summed E-state index contributed by atoms with van der Waals surface area (Å²) >= 11 is 0. The maximum Gasteiger partial charge on any atom is 0.251 e. The fourth-order valence-corrected chi connectivity index (χ4v) is 3.63. The number of rotatable bonds is 4. The highest BCUT2D eigenvalue weighted by molar-refractivity contribution is 5.80. The van der Waals surface area contributed by atoms with E-state index in [4.69, 9.17) is 0 Å². The van der Waals surface area contributed by atoms with E-state index in [9.17, 15) is 9.59 Å². The SMILES string of the molecule is CC1CCCN(C(=O)CCc2cc3cc(C(C)C)ccc3[nH]c2=O)C1. The number of aromatic nitrogens is 1. The first-order valence-electron chi connectivity index (χ1n) is 9.37. The van der Waals surface area contributed by atoms with Crippen molar-refractivity contribution in [2.75, 3.05) is 13.1 Å². The van der Waals surface area contributed by atoms with Gasteiger partial charge in [-0.25, -0.2) is 0 Å². The quantitative estimate of drug-likeness (QED) is 0.919. The highest BCUT2D eigenvalue weighted by Gasteiger charge is 2.20. The van der Waals surface area contributed by atoms with Gasteiger partial charge >= 0.3 is 0 Å². The zero-order valence-corrected chi connectivity index (χ0v) is 15.5. The van der Waals surface area contributed by atoms with E-state index in [0.29, 0.717) is 30.2 Å². The second-order valence-electron chi connectivity index (χ2n) is 7.71. The molecule has 1 aromatic carbocycles. The maximum atomic E-state index is 12.4. The van der Waals surface area contributed by atoms with Crippen LogP contribution in [0.3, 0.4) is 0 Å². The number of hydrogen-bond donors (Lipinski definition) is 1. The van der Waals surface area contributed by atoms with Gasteiger partial charge in [0.2, 0.25) is 5.91 Å². The van der Waals surface area contributed by atoms with Gasteiger partial charge in [-0.2, -0.15) is 0 Å². The number of fused-ring (bicyclic) bond motifs is 1. The number of hydrogen-bond acceptors (Lipinski definition) is 2. The number of likely N-dealkylation sites (tertiary alicyclic amines) is 1. The third-order valence-electron chi connectivity index (χ3n) is 5.23. The Kier molecular flexibility index (Phi) is 5.26. The third-order valence-corrected chi connectivity index (χ3v) is 5.23. The van der Waals surface area contributed by atoms with Crippen molar-refractivity contribution in [2.24, 2.45) is 5.92 Å². The minimum Gasteiger partial charge on any atom is -0.342 e. The largest absolute Gasteiger partial charge is 0.342 e. The predicted molar refractivity (Wildman–Crippen MR) is 102 cm³/mol. The summed E-state index contributed by atoms with van der Waals surface area (Å²) in [5.41, 5.74) is 2.73. The molecule has 2 aromatic rings. The molecule has 1 amide bonds. The van der Waals surface area contributed by atoms with Gasteiger partial charge in [0.25, 0.3) is 5.56 Å². The van der Waals surface area contributed by atoms with E-state index in [-0.39, 0.29) is 11.5 Å². The molecule has 2 heterocycles. The Balaban J connectivity index is 1.75. The third kappa shape index (κ3) is 4.12. The van der Waals surface area contributed by atoms with Crippen LogP contribution in [0.2, 0.25) is 0 Å². The Bertz CT molecular complexity index is 822. The summed E-state index contributed by atoms with van der Waals surface area (Å²) in [6, 6.07) is 8.11. The minimum absolute atomic E-state index is 0.0791. The number of piperidine rings is 1. The van der Waals surface area contributed by atoms with E-state index in [1.807, 2.05) is 17.0 Å². The summed E-state index contributed by atoms with van der Waals surface area (Å²) in [6.07, 6.45) is 3.19. The van der Waals surface area contributed by atoms with E-state index in [0.717, 1.165) is 30.4 Å². The first-order chi connectivity index (χ1) is 11.9. The lowest BCUT2D eigenvalue weighted by Gasteiger charge is -2.31. The molecule has 4 heteroatoms.